The van der Waals surface area contributed by atoms with Gasteiger partial charge >= 0.3 is 0 Å². The van der Waals surface area contributed by atoms with Crippen LogP contribution in [0.1, 0.15) is 6.42 Å². The lowest BCUT2D eigenvalue weighted by molar-refractivity contribution is 0.0817. The monoisotopic (exact) mass is 274 g/mol. The molecule has 1 heterocycles. The van der Waals surface area contributed by atoms with Crippen LogP contribution >= 0.6 is 0 Å². The molecule has 3 nitrogen and oxygen atoms in total. The van der Waals surface area contributed by atoms with Gasteiger partial charge in [-0.3, -0.25) is 0 Å². The number of hydrogen-bond donors (Lipinski definition) is 1. The first-order chi connectivity index (χ1) is 9.16. The lowest BCUT2D eigenvalue weighted by atomic mass is 10.2. The lowest BCUT2D eigenvalue weighted by Crippen LogP contribution is -2.28. The summed E-state index contributed by atoms with van der Waals surface area (Å²) in [6, 6.07) is 4.27. The van der Waals surface area contributed by atoms with Crippen LogP contribution < -0.4 is 15.0 Å². The predicted molar refractivity (Wildman–Crippen MR) is 67.6 cm³/mol. The largest absolute Gasteiger partial charge is 0.488 e. The van der Waals surface area contributed by atoms with E-state index in [0.29, 0.717) is 5.69 Å². The summed E-state index contributed by atoms with van der Waals surface area (Å²) in [6.07, 6.45) is -1.61. The third-order valence-electron chi connectivity index (χ3n) is 2.98. The molecule has 0 aromatic heterocycles. The Kier molecular flexibility index (Phi) is 4.90. The van der Waals surface area contributed by atoms with Gasteiger partial charge in [-0.15, -0.1) is 0 Å². The molecule has 0 spiro atoms. The number of benzene rings is 1. The normalized spacial score (nSPS) is 16.5. The first-order valence-corrected chi connectivity index (χ1v) is 6.33. The molecule has 0 amide bonds. The molecule has 0 unspecified atom stereocenters. The number of anilines is 1. The van der Waals surface area contributed by atoms with Crippen LogP contribution in [0.5, 0.6) is 5.75 Å². The number of alkyl halides is 2. The third-order valence-corrected chi connectivity index (χ3v) is 2.98. The molecule has 0 aliphatic carbocycles. The van der Waals surface area contributed by atoms with Crippen molar-refractivity contribution in [3.63, 3.8) is 0 Å². The molecule has 2 rings (SSSR count). The van der Waals surface area contributed by atoms with E-state index < -0.39 is 18.8 Å². The van der Waals surface area contributed by atoms with Crippen LogP contribution in [0.25, 0.3) is 0 Å². The van der Waals surface area contributed by atoms with Gasteiger partial charge in [-0.05, 0) is 25.1 Å². The summed E-state index contributed by atoms with van der Waals surface area (Å²) in [5.41, 5.74) is 0.494. The second kappa shape index (κ2) is 6.65. The molecule has 1 aromatic rings. The molecule has 1 saturated heterocycles. The summed E-state index contributed by atoms with van der Waals surface area (Å²) >= 11 is 0. The van der Waals surface area contributed by atoms with Gasteiger partial charge in [0.1, 0.15) is 18.2 Å². The quantitative estimate of drug-likeness (QED) is 0.911. The van der Waals surface area contributed by atoms with Crippen LogP contribution in [0.2, 0.25) is 0 Å². The highest BCUT2D eigenvalue weighted by Crippen LogP contribution is 2.24. The van der Waals surface area contributed by atoms with Gasteiger partial charge < -0.3 is 15.0 Å². The summed E-state index contributed by atoms with van der Waals surface area (Å²) in [6.45, 7) is 2.53. The van der Waals surface area contributed by atoms with E-state index in [0.717, 1.165) is 38.7 Å². The molecule has 0 atom stereocenters. The van der Waals surface area contributed by atoms with E-state index in [1.807, 2.05) is 4.90 Å². The fraction of sp³-hybridized carbons (Fsp3) is 0.538. The van der Waals surface area contributed by atoms with Crippen LogP contribution in [-0.4, -0.2) is 39.2 Å². The Labute approximate surface area is 110 Å². The zero-order chi connectivity index (χ0) is 13.7. The summed E-state index contributed by atoms with van der Waals surface area (Å²) in [7, 11) is 0. The van der Waals surface area contributed by atoms with Crippen molar-refractivity contribution >= 4 is 5.69 Å². The minimum atomic E-state index is -2.56. The van der Waals surface area contributed by atoms with E-state index in [1.165, 1.54) is 6.07 Å². The number of halogens is 3. The molecule has 0 radical (unpaired) electrons. The zero-order valence-electron chi connectivity index (χ0n) is 10.5. The zero-order valence-corrected chi connectivity index (χ0v) is 10.5. The summed E-state index contributed by atoms with van der Waals surface area (Å²) in [4.78, 5) is 1.95. The molecule has 1 aliphatic rings. The number of hydrogen-bond acceptors (Lipinski definition) is 3. The van der Waals surface area contributed by atoms with Crippen LogP contribution in [-0.2, 0) is 0 Å². The molecule has 6 heteroatoms. The molecule has 0 saturated carbocycles. The number of ether oxygens (including phenoxy) is 1. The van der Waals surface area contributed by atoms with Gasteiger partial charge in [0.25, 0.3) is 6.43 Å². The standard InChI is InChI=1S/C13H17F3N2O/c14-11-8-10(19-9-13(15)16)2-3-12(11)18-6-1-4-17-5-7-18/h2-3,8,13,17H,1,4-7,9H2. The second-order valence-corrected chi connectivity index (χ2v) is 4.41. The van der Waals surface area contributed by atoms with Gasteiger partial charge in [-0.25, -0.2) is 13.2 Å². The topological polar surface area (TPSA) is 24.5 Å². The van der Waals surface area contributed by atoms with E-state index in [1.54, 1.807) is 6.07 Å². The SMILES string of the molecule is Fc1cc(OCC(F)F)ccc1N1CCCNCC1. The Hall–Kier alpha value is -1.43. The fourth-order valence-corrected chi connectivity index (χ4v) is 2.08. The van der Waals surface area contributed by atoms with Gasteiger partial charge in [0.2, 0.25) is 0 Å². The minimum Gasteiger partial charge on any atom is -0.488 e. The molecule has 19 heavy (non-hydrogen) atoms. The van der Waals surface area contributed by atoms with Gasteiger partial charge in [0.15, 0.2) is 0 Å². The van der Waals surface area contributed by atoms with E-state index in [9.17, 15) is 13.2 Å². The van der Waals surface area contributed by atoms with Crippen LogP contribution in [0.15, 0.2) is 18.2 Å². The maximum Gasteiger partial charge on any atom is 0.272 e. The Morgan fingerprint density at radius 3 is 2.84 bits per heavy atom. The molecule has 106 valence electrons. The third kappa shape index (κ3) is 4.02. The lowest BCUT2D eigenvalue weighted by Gasteiger charge is -2.23. The first-order valence-electron chi connectivity index (χ1n) is 6.33. The number of rotatable bonds is 4. The number of nitrogens with one attached hydrogen (secondary N) is 1. The van der Waals surface area contributed by atoms with E-state index in [-0.39, 0.29) is 5.75 Å². The van der Waals surface area contributed by atoms with Crippen LogP contribution in [0, 0.1) is 5.82 Å². The van der Waals surface area contributed by atoms with Gasteiger partial charge in [-0.2, -0.15) is 0 Å². The smallest absolute Gasteiger partial charge is 0.272 e. The molecule has 1 N–H and O–H groups in total. The maximum atomic E-state index is 14.0. The Morgan fingerprint density at radius 2 is 2.11 bits per heavy atom. The van der Waals surface area contributed by atoms with E-state index >= 15 is 0 Å². The van der Waals surface area contributed by atoms with Gasteiger partial charge in [0, 0.05) is 25.7 Å². The highest BCUT2D eigenvalue weighted by atomic mass is 19.3. The van der Waals surface area contributed by atoms with E-state index in [2.05, 4.69) is 5.32 Å². The highest BCUT2D eigenvalue weighted by Gasteiger charge is 2.14. The van der Waals surface area contributed by atoms with E-state index in [4.69, 9.17) is 4.74 Å². The van der Waals surface area contributed by atoms with Crippen molar-refractivity contribution in [2.24, 2.45) is 0 Å². The Bertz CT molecular complexity index is 407. The van der Waals surface area contributed by atoms with Crippen molar-refractivity contribution in [3.05, 3.63) is 24.0 Å². The summed E-state index contributed by atoms with van der Waals surface area (Å²) in [5, 5.41) is 3.24. The molecule has 0 bridgehead atoms. The van der Waals surface area contributed by atoms with Crippen molar-refractivity contribution in [2.75, 3.05) is 37.7 Å². The minimum absolute atomic E-state index is 0.134. The predicted octanol–water partition coefficient (Wildman–Crippen LogP) is 2.27. The van der Waals surface area contributed by atoms with Crippen molar-refractivity contribution in [1.82, 2.24) is 5.32 Å². The maximum absolute atomic E-state index is 14.0. The molecule has 1 aromatic carbocycles. The van der Waals surface area contributed by atoms with Gasteiger partial charge in [-0.1, -0.05) is 0 Å². The molecular formula is C13H17F3N2O. The van der Waals surface area contributed by atoms with Gasteiger partial charge in [0.05, 0.1) is 5.69 Å². The van der Waals surface area contributed by atoms with Crippen molar-refractivity contribution < 1.29 is 17.9 Å². The van der Waals surface area contributed by atoms with Crippen LogP contribution in [0.3, 0.4) is 0 Å². The average Bonchev–Trinajstić information content (AvgIpc) is 2.65. The second-order valence-electron chi connectivity index (χ2n) is 4.41. The highest BCUT2D eigenvalue weighted by molar-refractivity contribution is 5.50. The molecular weight excluding hydrogens is 257 g/mol. The molecule has 1 fully saturated rings. The first kappa shape index (κ1) is 14.0. The number of nitrogens with zero attached hydrogens (tertiary/aromatic N) is 1. The Morgan fingerprint density at radius 1 is 1.26 bits per heavy atom. The summed E-state index contributed by atoms with van der Waals surface area (Å²) < 4.78 is 42.8. The molecule has 1 aliphatic heterocycles. The van der Waals surface area contributed by atoms with Crippen LogP contribution in [0.4, 0.5) is 18.9 Å². The van der Waals surface area contributed by atoms with Crippen molar-refractivity contribution in [1.29, 1.82) is 0 Å². The average molecular weight is 274 g/mol. The Balaban J connectivity index is 2.05. The fourth-order valence-electron chi connectivity index (χ4n) is 2.08. The van der Waals surface area contributed by atoms with Crippen molar-refractivity contribution in [2.45, 2.75) is 12.8 Å². The van der Waals surface area contributed by atoms with Crippen molar-refractivity contribution in [3.8, 4) is 5.75 Å². The summed E-state index contributed by atoms with van der Waals surface area (Å²) in [5.74, 6) is -0.303.